The SMILES string of the molecule is C/C=C(\C=NC(C)C)c1ccc(S(=O)(=O)N(C)C2CC2)cc1F. The second-order valence-electron chi connectivity index (χ2n) is 6.01. The minimum atomic E-state index is -3.63. The van der Waals surface area contributed by atoms with E-state index in [0.717, 1.165) is 18.9 Å². The zero-order valence-electron chi connectivity index (χ0n) is 14.0. The first-order valence-corrected chi connectivity index (χ1v) is 9.18. The zero-order valence-corrected chi connectivity index (χ0v) is 14.8. The van der Waals surface area contributed by atoms with Gasteiger partial charge in [0.1, 0.15) is 5.82 Å². The van der Waals surface area contributed by atoms with Crippen LogP contribution in [0, 0.1) is 5.82 Å². The molecule has 0 atom stereocenters. The molecule has 0 radical (unpaired) electrons. The average Bonchev–Trinajstić information content (AvgIpc) is 3.32. The molecular formula is C17H23FN2O2S. The summed E-state index contributed by atoms with van der Waals surface area (Å²) in [5.41, 5.74) is 0.987. The summed E-state index contributed by atoms with van der Waals surface area (Å²) in [4.78, 5) is 4.25. The van der Waals surface area contributed by atoms with E-state index in [9.17, 15) is 12.8 Å². The number of hydrogen-bond donors (Lipinski definition) is 0. The fraction of sp³-hybridized carbons (Fsp3) is 0.471. The van der Waals surface area contributed by atoms with Gasteiger partial charge in [-0.25, -0.2) is 12.8 Å². The molecule has 1 aromatic rings. The summed E-state index contributed by atoms with van der Waals surface area (Å²) in [6, 6.07) is 4.21. The third-order valence-corrected chi connectivity index (χ3v) is 5.72. The average molecular weight is 338 g/mol. The summed E-state index contributed by atoms with van der Waals surface area (Å²) in [5.74, 6) is -0.557. The molecule has 126 valence electrons. The van der Waals surface area contributed by atoms with E-state index in [4.69, 9.17) is 0 Å². The summed E-state index contributed by atoms with van der Waals surface area (Å²) in [6.07, 6.45) is 5.11. The fourth-order valence-corrected chi connectivity index (χ4v) is 3.65. The van der Waals surface area contributed by atoms with Crippen molar-refractivity contribution in [3.8, 4) is 0 Å². The van der Waals surface area contributed by atoms with E-state index in [0.29, 0.717) is 11.1 Å². The van der Waals surface area contributed by atoms with Crippen LogP contribution in [0.15, 0.2) is 34.2 Å². The van der Waals surface area contributed by atoms with E-state index >= 15 is 0 Å². The van der Waals surface area contributed by atoms with Crippen LogP contribution in [0.4, 0.5) is 4.39 Å². The Morgan fingerprint density at radius 2 is 2.04 bits per heavy atom. The highest BCUT2D eigenvalue weighted by atomic mass is 32.2. The van der Waals surface area contributed by atoms with Crippen LogP contribution >= 0.6 is 0 Å². The van der Waals surface area contributed by atoms with E-state index < -0.39 is 15.8 Å². The van der Waals surface area contributed by atoms with E-state index in [1.807, 2.05) is 13.8 Å². The highest BCUT2D eigenvalue weighted by Crippen LogP contribution is 2.31. The lowest BCUT2D eigenvalue weighted by Crippen LogP contribution is -2.29. The monoisotopic (exact) mass is 338 g/mol. The number of sulfonamides is 1. The summed E-state index contributed by atoms with van der Waals surface area (Å²) in [7, 11) is -2.09. The normalized spacial score (nSPS) is 16.7. The second-order valence-corrected chi connectivity index (χ2v) is 8.01. The van der Waals surface area contributed by atoms with Crippen molar-refractivity contribution < 1.29 is 12.8 Å². The first kappa shape index (κ1) is 17.8. The Bertz CT molecular complexity index is 735. The number of allylic oxidation sites excluding steroid dienone is 2. The van der Waals surface area contributed by atoms with Crippen molar-refractivity contribution in [1.29, 1.82) is 0 Å². The van der Waals surface area contributed by atoms with Crippen molar-refractivity contribution in [3.63, 3.8) is 0 Å². The van der Waals surface area contributed by atoms with Gasteiger partial charge in [-0.3, -0.25) is 4.99 Å². The first-order valence-electron chi connectivity index (χ1n) is 7.74. The van der Waals surface area contributed by atoms with Gasteiger partial charge in [0, 0.05) is 30.9 Å². The zero-order chi connectivity index (χ0) is 17.2. The van der Waals surface area contributed by atoms with E-state index in [-0.39, 0.29) is 17.0 Å². The number of nitrogens with zero attached hydrogens (tertiary/aromatic N) is 2. The van der Waals surface area contributed by atoms with Gasteiger partial charge in [0.25, 0.3) is 0 Å². The largest absolute Gasteiger partial charge is 0.290 e. The molecule has 0 spiro atoms. The fourth-order valence-electron chi connectivity index (χ4n) is 2.22. The van der Waals surface area contributed by atoms with Crippen molar-refractivity contribution in [2.75, 3.05) is 7.05 Å². The highest BCUT2D eigenvalue weighted by Gasteiger charge is 2.35. The van der Waals surface area contributed by atoms with Crippen LogP contribution in [0.2, 0.25) is 0 Å². The molecule has 0 N–H and O–H groups in total. The van der Waals surface area contributed by atoms with E-state index in [2.05, 4.69) is 4.99 Å². The second kappa shape index (κ2) is 6.93. The van der Waals surface area contributed by atoms with E-state index in [1.54, 1.807) is 26.3 Å². The molecule has 0 aliphatic heterocycles. The Hall–Kier alpha value is -1.53. The highest BCUT2D eigenvalue weighted by molar-refractivity contribution is 7.89. The van der Waals surface area contributed by atoms with Crippen molar-refractivity contribution in [1.82, 2.24) is 4.31 Å². The van der Waals surface area contributed by atoms with Crippen molar-refractivity contribution in [3.05, 3.63) is 35.7 Å². The topological polar surface area (TPSA) is 49.7 Å². The molecule has 1 aliphatic carbocycles. The molecule has 0 unspecified atom stereocenters. The minimum absolute atomic E-state index is 0.00981. The Morgan fingerprint density at radius 3 is 2.52 bits per heavy atom. The molecule has 4 nitrogen and oxygen atoms in total. The molecule has 0 aromatic heterocycles. The molecule has 1 aliphatic rings. The predicted octanol–water partition coefficient (Wildman–Crippen LogP) is 3.49. The molecule has 0 amide bonds. The molecule has 0 bridgehead atoms. The molecule has 0 heterocycles. The van der Waals surface area contributed by atoms with Crippen LogP contribution in [0.5, 0.6) is 0 Å². The van der Waals surface area contributed by atoms with Gasteiger partial charge in [-0.2, -0.15) is 4.31 Å². The van der Waals surface area contributed by atoms with Gasteiger partial charge in [-0.15, -0.1) is 0 Å². The Kier molecular flexibility index (Phi) is 5.37. The molecular weight excluding hydrogens is 315 g/mol. The van der Waals surface area contributed by atoms with Crippen LogP contribution in [0.1, 0.15) is 39.2 Å². The molecule has 1 aromatic carbocycles. The quantitative estimate of drug-likeness (QED) is 0.746. The molecule has 1 fully saturated rings. The summed E-state index contributed by atoms with van der Waals surface area (Å²) in [6.45, 7) is 5.67. The third kappa shape index (κ3) is 4.06. The van der Waals surface area contributed by atoms with Crippen LogP contribution in [-0.4, -0.2) is 38.1 Å². The number of aliphatic imine (C=N–C) groups is 1. The van der Waals surface area contributed by atoms with Gasteiger partial charge >= 0.3 is 0 Å². The lowest BCUT2D eigenvalue weighted by molar-refractivity contribution is 0.463. The predicted molar refractivity (Wildman–Crippen MR) is 91.6 cm³/mol. The lowest BCUT2D eigenvalue weighted by Gasteiger charge is -2.17. The van der Waals surface area contributed by atoms with Crippen molar-refractivity contribution in [2.45, 2.75) is 50.6 Å². The van der Waals surface area contributed by atoms with Gasteiger partial charge in [0.15, 0.2) is 0 Å². The third-order valence-electron chi connectivity index (χ3n) is 3.81. The number of benzene rings is 1. The maximum atomic E-state index is 14.4. The standard InChI is InChI=1S/C17H23FN2O2S/c1-5-13(11-19-12(2)3)16-9-8-15(10-17(16)18)23(21,22)20(4)14-6-7-14/h5,8-12,14H,6-7H2,1-4H3/b13-5+,19-11?. The van der Waals surface area contributed by atoms with Crippen molar-refractivity contribution >= 4 is 21.8 Å². The Labute approximate surface area is 137 Å². The van der Waals surface area contributed by atoms with Gasteiger partial charge < -0.3 is 0 Å². The lowest BCUT2D eigenvalue weighted by atomic mass is 10.1. The van der Waals surface area contributed by atoms with Crippen LogP contribution in [0.3, 0.4) is 0 Å². The van der Waals surface area contributed by atoms with Crippen LogP contribution in [0.25, 0.3) is 5.57 Å². The number of rotatable bonds is 6. The number of halogens is 1. The first-order chi connectivity index (χ1) is 10.8. The molecule has 2 rings (SSSR count). The van der Waals surface area contributed by atoms with Gasteiger partial charge in [-0.05, 0) is 51.3 Å². The van der Waals surface area contributed by atoms with E-state index in [1.165, 1.54) is 16.4 Å². The molecule has 0 saturated heterocycles. The molecule has 1 saturated carbocycles. The summed E-state index contributed by atoms with van der Waals surface area (Å²) < 4.78 is 40.7. The minimum Gasteiger partial charge on any atom is -0.290 e. The van der Waals surface area contributed by atoms with Gasteiger partial charge in [0.05, 0.1) is 4.90 Å². The smallest absolute Gasteiger partial charge is 0.243 e. The van der Waals surface area contributed by atoms with Crippen LogP contribution in [-0.2, 0) is 10.0 Å². The summed E-state index contributed by atoms with van der Waals surface area (Å²) in [5, 5.41) is 0. The van der Waals surface area contributed by atoms with Crippen molar-refractivity contribution in [2.24, 2.45) is 4.99 Å². The Morgan fingerprint density at radius 1 is 1.39 bits per heavy atom. The Balaban J connectivity index is 2.34. The van der Waals surface area contributed by atoms with Crippen LogP contribution < -0.4 is 0 Å². The summed E-state index contributed by atoms with van der Waals surface area (Å²) >= 11 is 0. The molecule has 23 heavy (non-hydrogen) atoms. The maximum absolute atomic E-state index is 14.4. The van der Waals surface area contributed by atoms with Gasteiger partial charge in [-0.1, -0.05) is 12.1 Å². The molecule has 6 heteroatoms. The number of hydrogen-bond acceptors (Lipinski definition) is 3. The van der Waals surface area contributed by atoms with Gasteiger partial charge in [0.2, 0.25) is 10.0 Å². The maximum Gasteiger partial charge on any atom is 0.243 e.